The Morgan fingerprint density at radius 1 is 1.59 bits per heavy atom. The van der Waals surface area contributed by atoms with Crippen molar-refractivity contribution >= 4 is 0 Å². The van der Waals surface area contributed by atoms with Gasteiger partial charge in [-0.1, -0.05) is 6.92 Å². The quantitative estimate of drug-likeness (QED) is 0.850. The zero-order valence-corrected chi connectivity index (χ0v) is 10.5. The number of nitrogens with zero attached hydrogens (tertiary/aromatic N) is 2. The second-order valence-electron chi connectivity index (χ2n) is 4.71. The van der Waals surface area contributed by atoms with Crippen molar-refractivity contribution in [3.05, 3.63) is 18.2 Å². The van der Waals surface area contributed by atoms with Crippen LogP contribution in [0.4, 0.5) is 0 Å². The van der Waals surface area contributed by atoms with E-state index in [-0.39, 0.29) is 6.10 Å². The van der Waals surface area contributed by atoms with Crippen LogP contribution >= 0.6 is 0 Å². The molecule has 1 aromatic rings. The molecule has 2 heterocycles. The van der Waals surface area contributed by atoms with Crippen molar-refractivity contribution in [2.75, 3.05) is 6.61 Å². The van der Waals surface area contributed by atoms with Crippen molar-refractivity contribution in [3.63, 3.8) is 0 Å². The van der Waals surface area contributed by atoms with Gasteiger partial charge in [-0.15, -0.1) is 0 Å². The van der Waals surface area contributed by atoms with E-state index in [1.807, 2.05) is 6.20 Å². The number of hydrogen-bond acceptors (Lipinski definition) is 3. The first-order chi connectivity index (χ1) is 8.31. The third kappa shape index (κ3) is 3.30. The van der Waals surface area contributed by atoms with Gasteiger partial charge in [0.25, 0.3) is 0 Å². The number of aryl methyl sites for hydroxylation is 1. The lowest BCUT2D eigenvalue weighted by Crippen LogP contribution is -2.34. The summed E-state index contributed by atoms with van der Waals surface area (Å²) in [6, 6.07) is 0. The van der Waals surface area contributed by atoms with Crippen LogP contribution in [0, 0.1) is 0 Å². The van der Waals surface area contributed by atoms with Crippen LogP contribution in [0.25, 0.3) is 0 Å². The minimum Gasteiger partial charge on any atom is -0.390 e. The average Bonchev–Trinajstić information content (AvgIpc) is 2.78. The van der Waals surface area contributed by atoms with Crippen LogP contribution in [-0.4, -0.2) is 33.5 Å². The highest BCUT2D eigenvalue weighted by Gasteiger charge is 2.23. The van der Waals surface area contributed by atoms with Crippen molar-refractivity contribution < 1.29 is 9.84 Å². The third-order valence-corrected chi connectivity index (χ3v) is 3.30. The van der Waals surface area contributed by atoms with Crippen LogP contribution in [0.15, 0.2) is 12.4 Å². The molecule has 0 bridgehead atoms. The fraction of sp³-hybridized carbons (Fsp3) is 0.769. The molecular weight excluding hydrogens is 216 g/mol. The standard InChI is InChI=1S/C13H22N2O2/c1-2-7-15-8-6-14-13(15)10-11(16)12-5-3-4-9-17-12/h6,8,11-12,16H,2-5,7,9-10H2,1H3. The van der Waals surface area contributed by atoms with Gasteiger partial charge in [0.15, 0.2) is 0 Å². The van der Waals surface area contributed by atoms with Gasteiger partial charge in [0.05, 0.1) is 12.2 Å². The molecule has 1 N–H and O–H groups in total. The maximum absolute atomic E-state index is 10.2. The third-order valence-electron chi connectivity index (χ3n) is 3.30. The van der Waals surface area contributed by atoms with E-state index >= 15 is 0 Å². The number of ether oxygens (including phenoxy) is 1. The van der Waals surface area contributed by atoms with E-state index < -0.39 is 6.10 Å². The van der Waals surface area contributed by atoms with Gasteiger partial charge in [0.1, 0.15) is 5.82 Å². The maximum atomic E-state index is 10.2. The van der Waals surface area contributed by atoms with Crippen LogP contribution in [0.2, 0.25) is 0 Å². The summed E-state index contributed by atoms with van der Waals surface area (Å²) in [7, 11) is 0. The van der Waals surface area contributed by atoms with E-state index in [0.29, 0.717) is 6.42 Å². The van der Waals surface area contributed by atoms with Crippen molar-refractivity contribution in [2.24, 2.45) is 0 Å². The summed E-state index contributed by atoms with van der Waals surface area (Å²) in [5, 5.41) is 10.2. The highest BCUT2D eigenvalue weighted by molar-refractivity contribution is 4.95. The van der Waals surface area contributed by atoms with Crippen molar-refractivity contribution in [1.82, 2.24) is 9.55 Å². The Hall–Kier alpha value is -0.870. The molecule has 17 heavy (non-hydrogen) atoms. The van der Waals surface area contributed by atoms with Gasteiger partial charge in [-0.2, -0.15) is 0 Å². The first kappa shape index (κ1) is 12.6. The molecule has 1 saturated heterocycles. The van der Waals surface area contributed by atoms with Gasteiger partial charge < -0.3 is 14.4 Å². The van der Waals surface area contributed by atoms with Gasteiger partial charge in [-0.25, -0.2) is 4.98 Å². The molecule has 0 amide bonds. The predicted octanol–water partition coefficient (Wildman–Crippen LogP) is 1.77. The second kappa shape index (κ2) is 6.17. The first-order valence-corrected chi connectivity index (χ1v) is 6.61. The Balaban J connectivity index is 1.92. The van der Waals surface area contributed by atoms with Crippen molar-refractivity contribution in [3.8, 4) is 0 Å². The van der Waals surface area contributed by atoms with E-state index in [1.165, 1.54) is 0 Å². The Labute approximate surface area is 103 Å². The topological polar surface area (TPSA) is 47.3 Å². The number of aliphatic hydroxyl groups excluding tert-OH is 1. The molecule has 1 aliphatic heterocycles. The number of aliphatic hydroxyl groups is 1. The van der Waals surface area contributed by atoms with E-state index in [1.54, 1.807) is 6.20 Å². The Kier molecular flexibility index (Phi) is 4.57. The molecule has 2 atom stereocenters. The maximum Gasteiger partial charge on any atom is 0.111 e. The highest BCUT2D eigenvalue weighted by atomic mass is 16.5. The molecule has 0 radical (unpaired) electrons. The Morgan fingerprint density at radius 2 is 2.47 bits per heavy atom. The van der Waals surface area contributed by atoms with Crippen LogP contribution in [0.3, 0.4) is 0 Å². The largest absolute Gasteiger partial charge is 0.390 e. The molecule has 4 heteroatoms. The molecule has 1 aromatic heterocycles. The van der Waals surface area contributed by atoms with Gasteiger partial charge in [0.2, 0.25) is 0 Å². The summed E-state index contributed by atoms with van der Waals surface area (Å²) < 4.78 is 7.72. The molecule has 1 fully saturated rings. The second-order valence-corrected chi connectivity index (χ2v) is 4.71. The minimum absolute atomic E-state index is 0.00414. The minimum atomic E-state index is -0.423. The molecule has 0 aromatic carbocycles. The lowest BCUT2D eigenvalue weighted by atomic mass is 10.0. The molecule has 0 aliphatic carbocycles. The van der Waals surface area contributed by atoms with Gasteiger partial charge in [-0.05, 0) is 25.7 Å². The molecule has 0 saturated carbocycles. The summed E-state index contributed by atoms with van der Waals surface area (Å²) in [5.74, 6) is 0.966. The number of aromatic nitrogens is 2. The molecule has 2 rings (SSSR count). The first-order valence-electron chi connectivity index (χ1n) is 6.61. The van der Waals surface area contributed by atoms with Crippen LogP contribution in [-0.2, 0) is 17.7 Å². The normalized spacial score (nSPS) is 22.6. The molecular formula is C13H22N2O2. The van der Waals surface area contributed by atoms with Gasteiger partial charge >= 0.3 is 0 Å². The van der Waals surface area contributed by atoms with Crippen LogP contribution < -0.4 is 0 Å². The lowest BCUT2D eigenvalue weighted by Gasteiger charge is -2.27. The lowest BCUT2D eigenvalue weighted by molar-refractivity contribution is -0.0619. The Bertz CT molecular complexity index is 332. The number of rotatable bonds is 5. The molecule has 4 nitrogen and oxygen atoms in total. The zero-order valence-electron chi connectivity index (χ0n) is 10.5. The fourth-order valence-corrected chi connectivity index (χ4v) is 2.36. The van der Waals surface area contributed by atoms with E-state index in [4.69, 9.17) is 4.74 Å². The smallest absolute Gasteiger partial charge is 0.111 e. The van der Waals surface area contributed by atoms with E-state index in [0.717, 1.165) is 44.7 Å². The number of hydrogen-bond donors (Lipinski definition) is 1. The summed E-state index contributed by atoms with van der Waals surface area (Å²) in [5.41, 5.74) is 0. The molecule has 2 unspecified atom stereocenters. The van der Waals surface area contributed by atoms with Crippen LogP contribution in [0.1, 0.15) is 38.4 Å². The van der Waals surface area contributed by atoms with E-state index in [9.17, 15) is 5.11 Å². The Morgan fingerprint density at radius 3 is 3.18 bits per heavy atom. The average molecular weight is 238 g/mol. The zero-order chi connectivity index (χ0) is 12.1. The monoisotopic (exact) mass is 238 g/mol. The van der Waals surface area contributed by atoms with Gasteiger partial charge in [-0.3, -0.25) is 0 Å². The van der Waals surface area contributed by atoms with Gasteiger partial charge in [0, 0.05) is 32.0 Å². The summed E-state index contributed by atoms with van der Waals surface area (Å²) in [6.45, 7) is 3.89. The summed E-state index contributed by atoms with van der Waals surface area (Å²) in [6.07, 6.45) is 8.28. The fourth-order valence-electron chi connectivity index (χ4n) is 2.36. The SMILES string of the molecule is CCCn1ccnc1CC(O)C1CCCCO1. The summed E-state index contributed by atoms with van der Waals surface area (Å²) >= 11 is 0. The highest BCUT2D eigenvalue weighted by Crippen LogP contribution is 2.18. The summed E-state index contributed by atoms with van der Waals surface area (Å²) in [4.78, 5) is 4.32. The van der Waals surface area contributed by atoms with Crippen LogP contribution in [0.5, 0.6) is 0 Å². The van der Waals surface area contributed by atoms with E-state index in [2.05, 4.69) is 16.5 Å². The molecule has 96 valence electrons. The van der Waals surface area contributed by atoms with Crippen molar-refractivity contribution in [1.29, 1.82) is 0 Å². The number of imidazole rings is 1. The molecule has 0 spiro atoms. The van der Waals surface area contributed by atoms with Crippen molar-refractivity contribution in [2.45, 2.75) is 57.8 Å². The molecule has 1 aliphatic rings. The predicted molar refractivity (Wildman–Crippen MR) is 65.8 cm³/mol.